The highest BCUT2D eigenvalue weighted by Crippen LogP contribution is 2.14. The van der Waals surface area contributed by atoms with Gasteiger partial charge in [0.05, 0.1) is 52.4 Å². The van der Waals surface area contributed by atoms with E-state index >= 15 is 0 Å². The number of aliphatic carboxylic acids is 4. The smallest absolute Gasteiger partial charge is 0.317 e. The van der Waals surface area contributed by atoms with Crippen molar-refractivity contribution in [2.24, 2.45) is 5.41 Å². The van der Waals surface area contributed by atoms with Crippen LogP contribution in [0.3, 0.4) is 0 Å². The van der Waals surface area contributed by atoms with E-state index in [0.29, 0.717) is 0 Å². The average Bonchev–Trinajstić information content (AvgIpc) is 3.09. The Morgan fingerprint density at radius 2 is 0.472 bits per heavy atom. The molecule has 0 radical (unpaired) electrons. The quantitative estimate of drug-likeness (QED) is 0.0263. The number of carboxylic acids is 4. The van der Waals surface area contributed by atoms with Crippen LogP contribution < -0.4 is 63.8 Å². The lowest BCUT2D eigenvalue weighted by atomic mass is 9.86. The van der Waals surface area contributed by atoms with Crippen molar-refractivity contribution in [1.29, 1.82) is 0 Å². The number of hydrogen-bond donors (Lipinski definition) is 16. The first kappa shape index (κ1) is 48.4. The van der Waals surface area contributed by atoms with E-state index in [0.717, 1.165) is 0 Å². The van der Waals surface area contributed by atoms with Gasteiger partial charge in [0.1, 0.15) is 0 Å². The van der Waals surface area contributed by atoms with Crippen molar-refractivity contribution in [3.8, 4) is 0 Å². The van der Waals surface area contributed by atoms with E-state index in [1.165, 1.54) is 0 Å². The van der Waals surface area contributed by atoms with Crippen LogP contribution in [0.25, 0.3) is 0 Å². The minimum absolute atomic E-state index is 0.128. The van der Waals surface area contributed by atoms with Crippen molar-refractivity contribution in [2.75, 3.05) is 131 Å². The van der Waals surface area contributed by atoms with E-state index in [1.54, 1.807) is 0 Å². The molecule has 0 spiro atoms. The van der Waals surface area contributed by atoms with Crippen LogP contribution in [0.15, 0.2) is 0 Å². The van der Waals surface area contributed by atoms with Crippen LogP contribution >= 0.6 is 0 Å². The number of amides is 4. The van der Waals surface area contributed by atoms with Gasteiger partial charge in [-0.2, -0.15) is 0 Å². The molecule has 0 bridgehead atoms. The van der Waals surface area contributed by atoms with E-state index in [9.17, 15) is 38.4 Å². The summed E-state index contributed by atoms with van der Waals surface area (Å²) in [6.45, 7) is 0.193. The summed E-state index contributed by atoms with van der Waals surface area (Å²) in [4.78, 5) is 93.5. The SMILES string of the molecule is O=C(O)CNCCNCC(=O)NCC(CNC(=O)CNCCNCC(=O)O)(CNC(=O)CNCCNCC(=O)O)CNC(=O)CNCCNCC(=O)O. The number of carboxylic acid groups (broad SMARTS) is 4. The molecule has 0 aliphatic heterocycles. The number of rotatable bonds is 36. The normalized spacial score (nSPS) is 11.0. The predicted molar refractivity (Wildman–Crippen MR) is 188 cm³/mol. The zero-order chi connectivity index (χ0) is 39.7. The molecular formula is C29H56N12O12. The van der Waals surface area contributed by atoms with Crippen LogP contribution in [-0.2, 0) is 38.4 Å². The molecule has 304 valence electrons. The van der Waals surface area contributed by atoms with Crippen LogP contribution in [0.1, 0.15) is 0 Å². The molecular weight excluding hydrogens is 708 g/mol. The summed E-state index contributed by atoms with van der Waals surface area (Å²) in [5.74, 6) is -5.95. The van der Waals surface area contributed by atoms with Gasteiger partial charge in [-0.3, -0.25) is 38.4 Å². The molecule has 4 amide bonds. The maximum Gasteiger partial charge on any atom is 0.317 e. The van der Waals surface area contributed by atoms with Gasteiger partial charge in [0.25, 0.3) is 0 Å². The lowest BCUT2D eigenvalue weighted by Crippen LogP contribution is -2.58. The second-order valence-corrected chi connectivity index (χ2v) is 11.6. The summed E-state index contributed by atoms with van der Waals surface area (Å²) in [5, 5.41) is 68.0. The number of carbonyl (C=O) groups is 8. The molecule has 0 saturated carbocycles. The second-order valence-electron chi connectivity index (χ2n) is 11.6. The molecule has 0 aliphatic carbocycles. The first-order valence-electron chi connectivity index (χ1n) is 16.8. The predicted octanol–water partition coefficient (Wildman–Crippen LogP) is -8.51. The summed E-state index contributed by atoms with van der Waals surface area (Å²) in [5.41, 5.74) is -1.17. The molecule has 24 nitrogen and oxygen atoms in total. The van der Waals surface area contributed by atoms with Crippen molar-refractivity contribution in [2.45, 2.75) is 0 Å². The van der Waals surface area contributed by atoms with Gasteiger partial charge < -0.3 is 84.2 Å². The third kappa shape index (κ3) is 31.9. The van der Waals surface area contributed by atoms with E-state index in [2.05, 4.69) is 63.8 Å². The molecule has 0 aromatic rings. The van der Waals surface area contributed by atoms with E-state index in [1.807, 2.05) is 0 Å². The molecule has 16 N–H and O–H groups in total. The Kier molecular flexibility index (Phi) is 28.3. The summed E-state index contributed by atoms with van der Waals surface area (Å²) >= 11 is 0. The van der Waals surface area contributed by atoms with Gasteiger partial charge in [-0.15, -0.1) is 0 Å². The minimum Gasteiger partial charge on any atom is -0.480 e. The molecule has 0 saturated heterocycles. The number of carbonyl (C=O) groups excluding carboxylic acids is 4. The Balaban J connectivity index is 5.56. The average molecular weight is 765 g/mol. The van der Waals surface area contributed by atoms with Gasteiger partial charge >= 0.3 is 23.9 Å². The number of hydrogen-bond acceptors (Lipinski definition) is 16. The van der Waals surface area contributed by atoms with Gasteiger partial charge in [-0.05, 0) is 0 Å². The first-order chi connectivity index (χ1) is 25.2. The number of nitrogens with one attached hydrogen (secondary N) is 12. The molecule has 0 atom stereocenters. The summed E-state index contributed by atoms with van der Waals surface area (Å²) in [6, 6.07) is 0. The van der Waals surface area contributed by atoms with Crippen LogP contribution in [0.4, 0.5) is 0 Å². The Labute approximate surface area is 306 Å². The topological polar surface area (TPSA) is 362 Å². The van der Waals surface area contributed by atoms with Crippen molar-refractivity contribution in [3.63, 3.8) is 0 Å². The minimum atomic E-state index is -1.17. The van der Waals surface area contributed by atoms with E-state index in [-0.39, 0.29) is 131 Å². The Hall–Kier alpha value is -4.56. The Morgan fingerprint density at radius 3 is 0.642 bits per heavy atom. The highest BCUT2D eigenvalue weighted by molar-refractivity contribution is 5.80. The lowest BCUT2D eigenvalue weighted by Gasteiger charge is -2.35. The standard InChI is InChI=1S/C29H56N12O12/c42-21(9-30-1-5-34-13-25(46)47)38-17-29(18-39-22(43)10-31-2-6-35-14-26(48)49,19-40-23(44)11-32-3-7-36-15-27(50)51)20-41-24(45)12-33-4-8-37-16-28(52)53/h30-37H,1-20H2,(H,38,42)(H,39,43)(H,40,44)(H,41,45)(H,46,47)(H,48,49)(H,50,51)(H,52,53). The molecule has 24 heteroatoms. The Bertz CT molecular complexity index is 974. The van der Waals surface area contributed by atoms with Crippen LogP contribution in [-0.4, -0.2) is 199 Å². The fourth-order valence-electron chi connectivity index (χ4n) is 4.07. The zero-order valence-corrected chi connectivity index (χ0v) is 29.7. The summed E-state index contributed by atoms with van der Waals surface area (Å²) in [7, 11) is 0. The van der Waals surface area contributed by atoms with Crippen LogP contribution in [0.2, 0.25) is 0 Å². The zero-order valence-electron chi connectivity index (χ0n) is 29.7. The van der Waals surface area contributed by atoms with E-state index < -0.39 is 52.9 Å². The van der Waals surface area contributed by atoms with Gasteiger partial charge in [0.15, 0.2) is 0 Å². The molecule has 0 fully saturated rings. The maximum absolute atomic E-state index is 12.7. The highest BCUT2D eigenvalue weighted by atomic mass is 16.4. The molecule has 0 unspecified atom stereocenters. The molecule has 0 aromatic heterocycles. The lowest BCUT2D eigenvalue weighted by molar-refractivity contribution is -0.136. The molecule has 53 heavy (non-hydrogen) atoms. The van der Waals surface area contributed by atoms with Crippen LogP contribution in [0, 0.1) is 5.41 Å². The molecule has 0 rings (SSSR count). The first-order valence-corrected chi connectivity index (χ1v) is 16.8. The molecule has 0 aromatic carbocycles. The molecule has 0 aliphatic rings. The van der Waals surface area contributed by atoms with Gasteiger partial charge in [-0.1, -0.05) is 0 Å². The van der Waals surface area contributed by atoms with Gasteiger partial charge in [0.2, 0.25) is 23.6 Å². The van der Waals surface area contributed by atoms with Crippen molar-refractivity contribution >= 4 is 47.5 Å². The third-order valence-corrected chi connectivity index (χ3v) is 6.80. The third-order valence-electron chi connectivity index (χ3n) is 6.80. The highest BCUT2D eigenvalue weighted by Gasteiger charge is 2.33. The Morgan fingerprint density at radius 1 is 0.302 bits per heavy atom. The summed E-state index contributed by atoms with van der Waals surface area (Å²) in [6.07, 6.45) is 0. The fraction of sp³-hybridized carbons (Fsp3) is 0.724. The largest absolute Gasteiger partial charge is 0.480 e. The maximum atomic E-state index is 12.7. The van der Waals surface area contributed by atoms with Crippen molar-refractivity contribution in [1.82, 2.24) is 63.8 Å². The fourth-order valence-corrected chi connectivity index (χ4v) is 4.07. The van der Waals surface area contributed by atoms with Crippen molar-refractivity contribution < 1.29 is 58.8 Å². The van der Waals surface area contributed by atoms with Gasteiger partial charge in [0, 0.05) is 84.0 Å². The monoisotopic (exact) mass is 764 g/mol. The van der Waals surface area contributed by atoms with Crippen LogP contribution in [0.5, 0.6) is 0 Å². The molecule has 0 heterocycles. The second kappa shape index (κ2) is 31.0. The summed E-state index contributed by atoms with van der Waals surface area (Å²) < 4.78 is 0. The van der Waals surface area contributed by atoms with E-state index in [4.69, 9.17) is 20.4 Å². The van der Waals surface area contributed by atoms with Crippen molar-refractivity contribution in [3.05, 3.63) is 0 Å². The van der Waals surface area contributed by atoms with Gasteiger partial charge in [-0.25, -0.2) is 0 Å².